The Hall–Kier alpha value is -0.0400. The van der Waals surface area contributed by atoms with Gasteiger partial charge in [0.1, 0.15) is 0 Å². The molecule has 0 amide bonds. The van der Waals surface area contributed by atoms with Gasteiger partial charge in [-0.1, -0.05) is 27.7 Å². The smallest absolute Gasteiger partial charge is 0.0670 e. The lowest BCUT2D eigenvalue weighted by Gasteiger charge is -2.43. The molecule has 0 saturated carbocycles. The van der Waals surface area contributed by atoms with Gasteiger partial charge in [0.2, 0.25) is 0 Å². The summed E-state index contributed by atoms with van der Waals surface area (Å²) < 4.78 is 5.41. The Morgan fingerprint density at radius 1 is 1.33 bits per heavy atom. The number of hydrogen-bond donors (Lipinski definition) is 0. The zero-order valence-corrected chi connectivity index (χ0v) is 6.77. The highest BCUT2D eigenvalue weighted by Gasteiger charge is 2.37. The van der Waals surface area contributed by atoms with Gasteiger partial charge in [-0.25, -0.2) is 0 Å². The minimum atomic E-state index is 0.345. The Kier molecular flexibility index (Phi) is 1.55. The molecule has 0 spiro atoms. The molecular formula is C8H16O. The van der Waals surface area contributed by atoms with Crippen molar-refractivity contribution in [3.8, 4) is 0 Å². The lowest BCUT2D eigenvalue weighted by Crippen LogP contribution is -2.46. The second-order valence-electron chi connectivity index (χ2n) is 4.10. The molecule has 1 aliphatic heterocycles. The zero-order chi connectivity index (χ0) is 7.07. The maximum atomic E-state index is 5.41. The first-order chi connectivity index (χ1) is 4.02. The molecule has 1 aliphatic rings. The first-order valence-electron chi connectivity index (χ1n) is 3.63. The third-order valence-electron chi connectivity index (χ3n) is 1.91. The van der Waals surface area contributed by atoms with E-state index < -0.39 is 0 Å². The topological polar surface area (TPSA) is 9.23 Å². The van der Waals surface area contributed by atoms with Crippen LogP contribution in [0, 0.1) is 11.3 Å². The Balaban J connectivity index is 2.44. The van der Waals surface area contributed by atoms with Crippen LogP contribution in [-0.2, 0) is 4.74 Å². The van der Waals surface area contributed by atoms with E-state index in [4.69, 9.17) is 4.74 Å². The molecule has 2 unspecified atom stereocenters. The number of hydrogen-bond acceptors (Lipinski definition) is 1. The molecule has 0 bridgehead atoms. The summed E-state index contributed by atoms with van der Waals surface area (Å²) in [5.74, 6) is 0.769. The van der Waals surface area contributed by atoms with Gasteiger partial charge < -0.3 is 4.74 Å². The molecule has 0 aromatic rings. The Labute approximate surface area is 57.4 Å². The predicted molar refractivity (Wildman–Crippen MR) is 38.4 cm³/mol. The molecule has 1 rings (SSSR count). The summed E-state index contributed by atoms with van der Waals surface area (Å²) in [6.45, 7) is 9.90. The minimum absolute atomic E-state index is 0.345. The monoisotopic (exact) mass is 128 g/mol. The Morgan fingerprint density at radius 3 is 1.89 bits per heavy atom. The molecule has 1 fully saturated rings. The van der Waals surface area contributed by atoms with Gasteiger partial charge in [-0.05, 0) is 5.41 Å². The summed E-state index contributed by atoms with van der Waals surface area (Å²) in [4.78, 5) is 0. The average Bonchev–Trinajstić information content (AvgIpc) is 1.57. The van der Waals surface area contributed by atoms with Crippen molar-refractivity contribution in [3.05, 3.63) is 0 Å². The van der Waals surface area contributed by atoms with Gasteiger partial charge in [-0.15, -0.1) is 0 Å². The first kappa shape index (κ1) is 7.07. The normalized spacial score (nSPS) is 36.0. The second kappa shape index (κ2) is 1.98. The standard InChI is InChI=1S/C8H16O/c1-6-5-9-7(6)8(2,3)4/h6-7H,5H2,1-4H3. The molecule has 2 atom stereocenters. The van der Waals surface area contributed by atoms with E-state index in [0.717, 1.165) is 12.5 Å². The molecule has 1 heteroatoms. The van der Waals surface area contributed by atoms with Crippen molar-refractivity contribution in [2.45, 2.75) is 33.8 Å². The van der Waals surface area contributed by atoms with Gasteiger partial charge in [0.15, 0.2) is 0 Å². The van der Waals surface area contributed by atoms with Crippen LogP contribution in [0.25, 0.3) is 0 Å². The van der Waals surface area contributed by atoms with E-state index >= 15 is 0 Å². The number of rotatable bonds is 0. The van der Waals surface area contributed by atoms with Crippen LogP contribution in [-0.4, -0.2) is 12.7 Å². The van der Waals surface area contributed by atoms with E-state index in [2.05, 4.69) is 27.7 Å². The largest absolute Gasteiger partial charge is 0.377 e. The van der Waals surface area contributed by atoms with Crippen LogP contribution >= 0.6 is 0 Å². The van der Waals surface area contributed by atoms with Gasteiger partial charge in [-0.2, -0.15) is 0 Å². The summed E-state index contributed by atoms with van der Waals surface area (Å²) >= 11 is 0. The first-order valence-corrected chi connectivity index (χ1v) is 3.63. The molecule has 0 radical (unpaired) electrons. The van der Waals surface area contributed by atoms with E-state index in [1.165, 1.54) is 0 Å². The third-order valence-corrected chi connectivity index (χ3v) is 1.91. The molecule has 1 nitrogen and oxygen atoms in total. The van der Waals surface area contributed by atoms with Gasteiger partial charge in [0.05, 0.1) is 12.7 Å². The molecule has 0 aromatic carbocycles. The maximum Gasteiger partial charge on any atom is 0.0670 e. The van der Waals surface area contributed by atoms with Crippen molar-refractivity contribution in [2.75, 3.05) is 6.61 Å². The maximum absolute atomic E-state index is 5.41. The molecule has 1 saturated heterocycles. The molecule has 9 heavy (non-hydrogen) atoms. The van der Waals surface area contributed by atoms with Crippen LogP contribution < -0.4 is 0 Å². The fraction of sp³-hybridized carbons (Fsp3) is 1.00. The quantitative estimate of drug-likeness (QED) is 0.485. The minimum Gasteiger partial charge on any atom is -0.377 e. The highest BCUT2D eigenvalue weighted by Crippen LogP contribution is 2.34. The van der Waals surface area contributed by atoms with Gasteiger partial charge in [0.25, 0.3) is 0 Å². The predicted octanol–water partition coefficient (Wildman–Crippen LogP) is 2.07. The number of ether oxygens (including phenoxy) is 1. The SMILES string of the molecule is CC1COC1C(C)(C)C. The van der Waals surface area contributed by atoms with E-state index in [9.17, 15) is 0 Å². The van der Waals surface area contributed by atoms with E-state index in [1.54, 1.807) is 0 Å². The lowest BCUT2D eigenvalue weighted by molar-refractivity contribution is -0.158. The van der Waals surface area contributed by atoms with Gasteiger partial charge >= 0.3 is 0 Å². The van der Waals surface area contributed by atoms with Crippen molar-refractivity contribution in [1.82, 2.24) is 0 Å². The summed E-state index contributed by atoms with van der Waals surface area (Å²) in [6, 6.07) is 0. The van der Waals surface area contributed by atoms with Crippen LogP contribution in [0.3, 0.4) is 0 Å². The summed E-state index contributed by atoms with van der Waals surface area (Å²) in [7, 11) is 0. The van der Waals surface area contributed by atoms with Crippen molar-refractivity contribution in [1.29, 1.82) is 0 Å². The zero-order valence-electron chi connectivity index (χ0n) is 6.77. The Morgan fingerprint density at radius 2 is 1.89 bits per heavy atom. The van der Waals surface area contributed by atoms with Crippen molar-refractivity contribution < 1.29 is 4.74 Å². The van der Waals surface area contributed by atoms with E-state index in [-0.39, 0.29) is 0 Å². The van der Waals surface area contributed by atoms with Crippen molar-refractivity contribution in [2.24, 2.45) is 11.3 Å². The van der Waals surface area contributed by atoms with Crippen LogP contribution in [0.4, 0.5) is 0 Å². The summed E-state index contributed by atoms with van der Waals surface area (Å²) in [6.07, 6.45) is 0.498. The second-order valence-corrected chi connectivity index (χ2v) is 4.10. The van der Waals surface area contributed by atoms with Crippen LogP contribution in [0.2, 0.25) is 0 Å². The highest BCUT2D eigenvalue weighted by molar-refractivity contribution is 4.85. The summed E-state index contributed by atoms with van der Waals surface area (Å²) in [5, 5.41) is 0. The summed E-state index contributed by atoms with van der Waals surface area (Å²) in [5.41, 5.74) is 0.345. The average molecular weight is 128 g/mol. The van der Waals surface area contributed by atoms with E-state index in [1.807, 2.05) is 0 Å². The van der Waals surface area contributed by atoms with Crippen LogP contribution in [0.5, 0.6) is 0 Å². The van der Waals surface area contributed by atoms with Crippen molar-refractivity contribution >= 4 is 0 Å². The molecule has 0 aromatic heterocycles. The fourth-order valence-electron chi connectivity index (χ4n) is 1.49. The molecular weight excluding hydrogens is 112 g/mol. The van der Waals surface area contributed by atoms with Crippen LogP contribution in [0.15, 0.2) is 0 Å². The highest BCUT2D eigenvalue weighted by atomic mass is 16.5. The molecule has 0 aliphatic carbocycles. The Bertz CT molecular complexity index is 102. The van der Waals surface area contributed by atoms with Crippen LogP contribution in [0.1, 0.15) is 27.7 Å². The lowest BCUT2D eigenvalue weighted by atomic mass is 9.79. The molecule has 1 heterocycles. The third kappa shape index (κ3) is 1.26. The molecule has 54 valence electrons. The van der Waals surface area contributed by atoms with E-state index in [0.29, 0.717) is 11.5 Å². The van der Waals surface area contributed by atoms with Crippen molar-refractivity contribution in [3.63, 3.8) is 0 Å². The molecule has 0 N–H and O–H groups in total. The fourth-order valence-corrected chi connectivity index (χ4v) is 1.49. The van der Waals surface area contributed by atoms with Gasteiger partial charge in [-0.3, -0.25) is 0 Å². The van der Waals surface area contributed by atoms with Gasteiger partial charge in [0, 0.05) is 5.92 Å².